The molecule has 136 valence electrons. The van der Waals surface area contributed by atoms with E-state index < -0.39 is 5.82 Å². The molecule has 2 aromatic rings. The molecular formula is C20H19ClFNO2S. The zero-order valence-electron chi connectivity index (χ0n) is 14.4. The summed E-state index contributed by atoms with van der Waals surface area (Å²) in [5, 5.41) is 3.26. The molecular weight excluding hydrogens is 373 g/mol. The first-order valence-electron chi connectivity index (χ1n) is 7.97. The number of hydrogen-bond donors (Lipinski definition) is 1. The lowest BCUT2D eigenvalue weighted by Crippen LogP contribution is -2.21. The molecule has 1 N–H and O–H groups in total. The Bertz CT molecular complexity index is 820. The molecule has 0 spiro atoms. The highest BCUT2D eigenvalue weighted by Gasteiger charge is 2.07. The van der Waals surface area contributed by atoms with E-state index in [4.69, 9.17) is 39.7 Å². The average molecular weight is 392 g/mol. The van der Waals surface area contributed by atoms with Crippen molar-refractivity contribution < 1.29 is 13.9 Å². The first-order chi connectivity index (χ1) is 12.5. The van der Waals surface area contributed by atoms with Gasteiger partial charge in [0.25, 0.3) is 0 Å². The number of hydrogen-bond acceptors (Lipinski definition) is 3. The molecule has 0 aliphatic heterocycles. The molecule has 0 aromatic heterocycles. The quantitative estimate of drug-likeness (QED) is 0.528. The van der Waals surface area contributed by atoms with Crippen LogP contribution in [0.5, 0.6) is 11.5 Å². The number of terminal acetylenes is 1. The smallest absolute Gasteiger partial charge is 0.162 e. The van der Waals surface area contributed by atoms with E-state index in [1.807, 2.05) is 18.2 Å². The van der Waals surface area contributed by atoms with Gasteiger partial charge in [-0.2, -0.15) is 0 Å². The fourth-order valence-corrected chi connectivity index (χ4v) is 2.68. The standard InChI is InChI=1S/C20H19ClFNO2S/c1-3-10-25-18-8-5-14(12-19(18)24-2)6-9-20(26)23-13-15-4-7-17(22)16(21)11-15/h1,4-5,7-8,11-12H,6,9-10,13H2,2H3,(H,23,26). The number of methoxy groups -OCH3 is 1. The van der Waals surface area contributed by atoms with Crippen LogP contribution >= 0.6 is 23.8 Å². The maximum Gasteiger partial charge on any atom is 0.162 e. The van der Waals surface area contributed by atoms with Crippen molar-refractivity contribution in [3.8, 4) is 23.8 Å². The highest BCUT2D eigenvalue weighted by Crippen LogP contribution is 2.28. The van der Waals surface area contributed by atoms with Gasteiger partial charge >= 0.3 is 0 Å². The van der Waals surface area contributed by atoms with Crippen molar-refractivity contribution in [1.29, 1.82) is 0 Å². The van der Waals surface area contributed by atoms with Crippen LogP contribution in [0, 0.1) is 18.2 Å². The summed E-state index contributed by atoms with van der Waals surface area (Å²) >= 11 is 11.1. The van der Waals surface area contributed by atoms with Crippen molar-refractivity contribution in [2.75, 3.05) is 13.7 Å². The molecule has 0 saturated heterocycles. The molecule has 0 bridgehead atoms. The Morgan fingerprint density at radius 2 is 2.00 bits per heavy atom. The van der Waals surface area contributed by atoms with Crippen molar-refractivity contribution in [3.63, 3.8) is 0 Å². The average Bonchev–Trinajstić information content (AvgIpc) is 2.65. The van der Waals surface area contributed by atoms with Crippen LogP contribution in [-0.4, -0.2) is 18.7 Å². The minimum Gasteiger partial charge on any atom is -0.493 e. The number of ether oxygens (including phenoxy) is 2. The van der Waals surface area contributed by atoms with Crippen LogP contribution in [0.4, 0.5) is 4.39 Å². The lowest BCUT2D eigenvalue weighted by Gasteiger charge is -2.12. The Morgan fingerprint density at radius 3 is 2.69 bits per heavy atom. The third kappa shape index (κ3) is 5.91. The van der Waals surface area contributed by atoms with Crippen molar-refractivity contribution in [1.82, 2.24) is 5.32 Å². The largest absolute Gasteiger partial charge is 0.493 e. The summed E-state index contributed by atoms with van der Waals surface area (Å²) in [6.07, 6.45) is 6.63. The lowest BCUT2D eigenvalue weighted by molar-refractivity contribution is 0.330. The molecule has 0 aliphatic carbocycles. The predicted octanol–water partition coefficient (Wildman–Crippen LogP) is 4.55. The predicted molar refractivity (Wildman–Crippen MR) is 106 cm³/mol. The van der Waals surface area contributed by atoms with Gasteiger partial charge in [0.15, 0.2) is 11.5 Å². The molecule has 26 heavy (non-hydrogen) atoms. The van der Waals surface area contributed by atoms with Crippen LogP contribution < -0.4 is 14.8 Å². The third-order valence-electron chi connectivity index (χ3n) is 3.65. The van der Waals surface area contributed by atoms with Gasteiger partial charge < -0.3 is 14.8 Å². The Morgan fingerprint density at radius 1 is 1.23 bits per heavy atom. The minimum atomic E-state index is -0.429. The second kappa shape index (κ2) is 10.0. The molecule has 3 nitrogen and oxygen atoms in total. The lowest BCUT2D eigenvalue weighted by atomic mass is 10.1. The molecule has 2 aromatic carbocycles. The molecule has 6 heteroatoms. The number of rotatable bonds is 8. The van der Waals surface area contributed by atoms with Crippen LogP contribution in [-0.2, 0) is 13.0 Å². The zero-order valence-corrected chi connectivity index (χ0v) is 15.9. The number of halogens is 2. The Balaban J connectivity index is 1.86. The van der Waals surface area contributed by atoms with Crippen LogP contribution in [0.25, 0.3) is 0 Å². The summed E-state index contributed by atoms with van der Waals surface area (Å²) in [4.78, 5) is 0.720. The second-order valence-corrected chi connectivity index (χ2v) is 6.40. The van der Waals surface area contributed by atoms with Gasteiger partial charge in [0.05, 0.1) is 17.1 Å². The second-order valence-electron chi connectivity index (χ2n) is 5.50. The molecule has 0 atom stereocenters. The summed E-state index contributed by atoms with van der Waals surface area (Å²) < 4.78 is 23.9. The fraction of sp³-hybridized carbons (Fsp3) is 0.250. The summed E-state index contributed by atoms with van der Waals surface area (Å²) in [7, 11) is 1.59. The van der Waals surface area contributed by atoms with E-state index in [1.165, 1.54) is 6.07 Å². The van der Waals surface area contributed by atoms with E-state index in [9.17, 15) is 4.39 Å². The van der Waals surface area contributed by atoms with Gasteiger partial charge in [0.2, 0.25) is 0 Å². The third-order valence-corrected chi connectivity index (χ3v) is 4.29. The van der Waals surface area contributed by atoms with E-state index in [1.54, 1.807) is 19.2 Å². The Kier molecular flexibility index (Phi) is 7.71. The summed E-state index contributed by atoms with van der Waals surface area (Å²) in [5.41, 5.74) is 1.94. The van der Waals surface area contributed by atoms with E-state index in [0.717, 1.165) is 22.5 Å². The minimum absolute atomic E-state index is 0.106. The Hall–Kier alpha value is -2.29. The maximum atomic E-state index is 13.2. The van der Waals surface area contributed by atoms with Gasteiger partial charge in [-0.25, -0.2) is 4.39 Å². The summed E-state index contributed by atoms with van der Waals surface area (Å²) in [6.45, 7) is 0.693. The number of benzene rings is 2. The van der Waals surface area contributed by atoms with Gasteiger partial charge in [0.1, 0.15) is 12.4 Å². The topological polar surface area (TPSA) is 30.5 Å². The molecule has 0 unspecified atom stereocenters. The monoisotopic (exact) mass is 391 g/mol. The van der Waals surface area contributed by atoms with Gasteiger partial charge in [-0.1, -0.05) is 41.9 Å². The highest BCUT2D eigenvalue weighted by molar-refractivity contribution is 7.80. The zero-order chi connectivity index (χ0) is 18.9. The highest BCUT2D eigenvalue weighted by atomic mass is 35.5. The van der Waals surface area contributed by atoms with Crippen molar-refractivity contribution in [2.45, 2.75) is 19.4 Å². The van der Waals surface area contributed by atoms with Gasteiger partial charge in [-0.3, -0.25) is 0 Å². The maximum absolute atomic E-state index is 13.2. The van der Waals surface area contributed by atoms with Crippen molar-refractivity contribution in [2.24, 2.45) is 0 Å². The van der Waals surface area contributed by atoms with E-state index in [0.29, 0.717) is 24.5 Å². The van der Waals surface area contributed by atoms with Crippen LogP contribution in [0.2, 0.25) is 5.02 Å². The Labute approximate surface area is 163 Å². The van der Waals surface area contributed by atoms with Gasteiger partial charge in [0, 0.05) is 13.0 Å². The van der Waals surface area contributed by atoms with Crippen LogP contribution in [0.15, 0.2) is 36.4 Å². The first-order valence-corrected chi connectivity index (χ1v) is 8.76. The van der Waals surface area contributed by atoms with Gasteiger partial charge in [-0.05, 0) is 41.8 Å². The van der Waals surface area contributed by atoms with Crippen LogP contribution in [0.3, 0.4) is 0 Å². The molecule has 0 aliphatic rings. The first kappa shape index (κ1) is 20.0. The van der Waals surface area contributed by atoms with E-state index in [-0.39, 0.29) is 11.6 Å². The molecule has 0 radical (unpaired) electrons. The number of nitrogens with one attached hydrogen (secondary N) is 1. The summed E-state index contributed by atoms with van der Waals surface area (Å²) in [6, 6.07) is 10.3. The molecule has 0 fully saturated rings. The molecule has 2 rings (SSSR count). The fourth-order valence-electron chi connectivity index (χ4n) is 2.30. The molecule has 0 heterocycles. The van der Waals surface area contributed by atoms with Gasteiger partial charge in [-0.15, -0.1) is 6.42 Å². The van der Waals surface area contributed by atoms with E-state index >= 15 is 0 Å². The number of thiocarbonyl (C=S) groups is 1. The van der Waals surface area contributed by atoms with Crippen LogP contribution in [0.1, 0.15) is 17.5 Å². The molecule has 0 saturated carbocycles. The van der Waals surface area contributed by atoms with E-state index in [2.05, 4.69) is 11.2 Å². The SMILES string of the molecule is C#CCOc1ccc(CCC(=S)NCc2ccc(F)c(Cl)c2)cc1OC. The van der Waals surface area contributed by atoms with Crippen molar-refractivity contribution >= 4 is 28.8 Å². The number of aryl methyl sites for hydroxylation is 1. The summed E-state index contributed by atoms with van der Waals surface area (Å²) in [5.74, 6) is 3.25. The molecule has 0 amide bonds. The van der Waals surface area contributed by atoms with Crippen molar-refractivity contribution in [3.05, 3.63) is 58.4 Å². The normalized spacial score (nSPS) is 10.1.